The van der Waals surface area contributed by atoms with Gasteiger partial charge in [-0.3, -0.25) is 9.69 Å². The fourth-order valence-electron chi connectivity index (χ4n) is 7.73. The second-order valence-corrected chi connectivity index (χ2v) is 10.8. The molecule has 200 valence electrons. The highest BCUT2D eigenvalue weighted by Crippen LogP contribution is 2.67. The summed E-state index contributed by atoms with van der Waals surface area (Å²) in [6, 6.07) is -0.240. The van der Waals surface area contributed by atoms with Gasteiger partial charge in [-0.1, -0.05) is 12.7 Å². The topological polar surface area (TPSA) is 121 Å². The fraction of sp³-hybridized carbons (Fsp3) is 0.464. The van der Waals surface area contributed by atoms with Crippen LogP contribution in [0.15, 0.2) is 18.7 Å². The van der Waals surface area contributed by atoms with Gasteiger partial charge in [-0.2, -0.15) is 0 Å². The van der Waals surface area contributed by atoms with Crippen molar-refractivity contribution in [2.45, 2.75) is 56.4 Å². The van der Waals surface area contributed by atoms with Crippen LogP contribution in [0.3, 0.4) is 0 Å². The SMILES string of the molecule is C=CCOc1c(C)c2c(c3c1C[C@H]1[C@H]4c5c(cc(O)c(OC)c5O)C5(C)C[C@@H](C(=O)N1[C@H]3CO)N45)OCO2. The van der Waals surface area contributed by atoms with Crippen molar-refractivity contribution in [2.75, 3.05) is 27.1 Å². The summed E-state index contributed by atoms with van der Waals surface area (Å²) in [5, 5.41) is 32.7. The number of rotatable bonds is 5. The number of fused-ring (bicyclic) bond motifs is 8. The third-order valence-electron chi connectivity index (χ3n) is 9.15. The van der Waals surface area contributed by atoms with Crippen LogP contribution in [-0.2, 0) is 16.8 Å². The quantitative estimate of drug-likeness (QED) is 0.509. The van der Waals surface area contributed by atoms with Crippen LogP contribution in [0.5, 0.6) is 34.5 Å². The van der Waals surface area contributed by atoms with Gasteiger partial charge in [-0.05, 0) is 38.3 Å². The van der Waals surface area contributed by atoms with Crippen molar-refractivity contribution in [1.29, 1.82) is 0 Å². The molecule has 2 aromatic carbocycles. The molecule has 3 N–H and O–H groups in total. The van der Waals surface area contributed by atoms with Crippen LogP contribution >= 0.6 is 0 Å². The van der Waals surface area contributed by atoms with Crippen LogP contribution in [0.1, 0.15) is 53.2 Å². The largest absolute Gasteiger partial charge is 0.504 e. The number of aliphatic hydroxyl groups excluding tert-OH is 1. The van der Waals surface area contributed by atoms with Crippen molar-refractivity contribution in [2.24, 2.45) is 0 Å². The molecule has 5 aliphatic rings. The molecule has 0 saturated carbocycles. The van der Waals surface area contributed by atoms with Crippen molar-refractivity contribution in [3.05, 3.63) is 46.5 Å². The normalized spacial score (nSPS) is 29.7. The smallest absolute Gasteiger partial charge is 0.240 e. The second-order valence-electron chi connectivity index (χ2n) is 10.8. The highest BCUT2D eigenvalue weighted by Gasteiger charge is 2.69. The number of nitrogens with zero attached hydrogens (tertiary/aromatic N) is 2. The molecule has 0 radical (unpaired) electrons. The number of ether oxygens (including phenoxy) is 4. The minimum absolute atomic E-state index is 0.0129. The number of hydrogen-bond donors (Lipinski definition) is 3. The van der Waals surface area contributed by atoms with Crippen LogP contribution in [0.25, 0.3) is 0 Å². The Morgan fingerprint density at radius 2 is 2.00 bits per heavy atom. The predicted octanol–water partition coefficient (Wildman–Crippen LogP) is 2.55. The number of phenolic OH excluding ortho intramolecular Hbond substituents is 2. The van der Waals surface area contributed by atoms with Crippen molar-refractivity contribution >= 4 is 5.91 Å². The van der Waals surface area contributed by atoms with E-state index in [0.717, 1.165) is 16.7 Å². The highest BCUT2D eigenvalue weighted by molar-refractivity contribution is 5.88. The average Bonchev–Trinajstić information content (AvgIpc) is 3.45. The van der Waals surface area contributed by atoms with Gasteiger partial charge in [-0.15, -0.1) is 0 Å². The van der Waals surface area contributed by atoms with Gasteiger partial charge in [0.2, 0.25) is 18.4 Å². The summed E-state index contributed by atoms with van der Waals surface area (Å²) in [6.07, 6.45) is 2.61. The van der Waals surface area contributed by atoms with Gasteiger partial charge >= 0.3 is 0 Å². The zero-order valence-corrected chi connectivity index (χ0v) is 21.5. The zero-order chi connectivity index (χ0) is 26.7. The van der Waals surface area contributed by atoms with Crippen molar-refractivity contribution in [3.63, 3.8) is 0 Å². The fourth-order valence-corrected chi connectivity index (χ4v) is 7.73. The van der Waals surface area contributed by atoms with Crippen molar-refractivity contribution in [1.82, 2.24) is 9.80 Å². The lowest BCUT2D eigenvalue weighted by Crippen LogP contribution is -2.73. The van der Waals surface area contributed by atoms with E-state index in [0.29, 0.717) is 41.2 Å². The van der Waals surface area contributed by atoms with E-state index in [-0.39, 0.29) is 49.2 Å². The summed E-state index contributed by atoms with van der Waals surface area (Å²) in [6.45, 7) is 7.73. The zero-order valence-electron chi connectivity index (χ0n) is 21.5. The number of carbonyl (C=O) groups excluding carboxylic acids is 1. The summed E-state index contributed by atoms with van der Waals surface area (Å²) in [4.78, 5) is 18.0. The summed E-state index contributed by atoms with van der Waals surface area (Å²) >= 11 is 0. The predicted molar refractivity (Wildman–Crippen MR) is 134 cm³/mol. The Kier molecular flexibility index (Phi) is 4.76. The van der Waals surface area contributed by atoms with E-state index < -0.39 is 23.7 Å². The standard InChI is InChI=1S/C28H30N2O8/c1-5-6-36-23-12(2)24-26(38-11-37-24)19-13(23)7-15-21-20-14(8-18(32)25(35-4)22(20)33)28(3)9-16(30(21)28)27(34)29(15)17(19)10-31/h5,8,15-17,21,31-33H,1,6-7,9-11H2,2-4H3/t15-,16-,17-,21-,28?/m0/s1. The molecular formula is C28H30N2O8. The monoisotopic (exact) mass is 522 g/mol. The maximum absolute atomic E-state index is 14.0. The van der Waals surface area contributed by atoms with Gasteiger partial charge in [0.1, 0.15) is 12.4 Å². The number of methoxy groups -OCH3 is 1. The van der Waals surface area contributed by atoms with Gasteiger partial charge in [0.05, 0.1) is 37.9 Å². The first-order chi connectivity index (χ1) is 18.3. The molecule has 10 heteroatoms. The van der Waals surface area contributed by atoms with E-state index >= 15 is 0 Å². The molecule has 2 fully saturated rings. The lowest BCUT2D eigenvalue weighted by Gasteiger charge is -2.62. The molecule has 7 rings (SSSR count). The van der Waals surface area contributed by atoms with Crippen LogP contribution < -0.4 is 18.9 Å². The molecule has 1 amide bonds. The Morgan fingerprint density at radius 3 is 2.71 bits per heavy atom. The Morgan fingerprint density at radius 1 is 1.24 bits per heavy atom. The second kappa shape index (κ2) is 7.70. The van der Waals surface area contributed by atoms with E-state index in [9.17, 15) is 20.1 Å². The Bertz CT molecular complexity index is 1420. The lowest BCUT2D eigenvalue weighted by atomic mass is 9.73. The van der Waals surface area contributed by atoms with Crippen LogP contribution in [0, 0.1) is 6.92 Å². The first kappa shape index (κ1) is 23.5. The summed E-state index contributed by atoms with van der Waals surface area (Å²) in [5.74, 6) is 1.42. The summed E-state index contributed by atoms with van der Waals surface area (Å²) in [7, 11) is 1.40. The maximum atomic E-state index is 14.0. The number of piperazine rings is 1. The molecule has 0 aromatic heterocycles. The third-order valence-corrected chi connectivity index (χ3v) is 9.15. The van der Waals surface area contributed by atoms with Gasteiger partial charge in [0.25, 0.3) is 0 Å². The molecule has 38 heavy (non-hydrogen) atoms. The van der Waals surface area contributed by atoms with E-state index in [1.165, 1.54) is 7.11 Å². The molecule has 1 unspecified atom stereocenters. The molecule has 0 spiro atoms. The Balaban J connectivity index is 1.47. The third kappa shape index (κ3) is 2.57. The van der Waals surface area contributed by atoms with E-state index in [1.807, 2.05) is 13.8 Å². The Labute approximate surface area is 219 Å². The number of phenols is 2. The lowest BCUT2D eigenvalue weighted by molar-refractivity contribution is -0.190. The minimum Gasteiger partial charge on any atom is -0.504 e. The number of aliphatic hydroxyl groups is 1. The average molecular weight is 523 g/mol. The molecule has 5 heterocycles. The van der Waals surface area contributed by atoms with Crippen LogP contribution in [0.2, 0.25) is 0 Å². The molecule has 10 nitrogen and oxygen atoms in total. The van der Waals surface area contributed by atoms with E-state index in [1.54, 1.807) is 17.0 Å². The Hall–Kier alpha value is -3.63. The molecule has 2 saturated heterocycles. The molecule has 5 atom stereocenters. The number of hydrogen-bond acceptors (Lipinski definition) is 9. The maximum Gasteiger partial charge on any atom is 0.240 e. The van der Waals surface area contributed by atoms with Gasteiger partial charge in [-0.25, -0.2) is 0 Å². The van der Waals surface area contributed by atoms with Crippen molar-refractivity contribution in [3.8, 4) is 34.5 Å². The molecule has 2 aromatic rings. The highest BCUT2D eigenvalue weighted by atomic mass is 16.7. The van der Waals surface area contributed by atoms with Crippen LogP contribution in [-0.4, -0.2) is 70.2 Å². The van der Waals surface area contributed by atoms with Gasteiger partial charge in [0, 0.05) is 27.8 Å². The number of aromatic hydroxyl groups is 2. The summed E-state index contributed by atoms with van der Waals surface area (Å²) < 4.78 is 23.2. The number of amides is 1. The van der Waals surface area contributed by atoms with E-state index in [2.05, 4.69) is 11.5 Å². The molecular weight excluding hydrogens is 492 g/mol. The summed E-state index contributed by atoms with van der Waals surface area (Å²) in [5.41, 5.74) is 3.27. The van der Waals surface area contributed by atoms with Gasteiger partial charge in [0.15, 0.2) is 23.0 Å². The first-order valence-corrected chi connectivity index (χ1v) is 12.8. The molecule has 0 bridgehead atoms. The number of carbonyl (C=O) groups is 1. The van der Waals surface area contributed by atoms with Crippen LogP contribution in [0.4, 0.5) is 0 Å². The van der Waals surface area contributed by atoms with Crippen molar-refractivity contribution < 1.29 is 39.1 Å². The first-order valence-electron chi connectivity index (χ1n) is 12.8. The van der Waals surface area contributed by atoms with E-state index in [4.69, 9.17) is 18.9 Å². The molecule has 0 aliphatic carbocycles. The minimum atomic E-state index is -0.683. The molecule has 5 aliphatic heterocycles. The number of benzene rings is 2. The van der Waals surface area contributed by atoms with Gasteiger partial charge < -0.3 is 39.2 Å².